The number of hydrogen-bond acceptors (Lipinski definition) is 4. The van der Waals surface area contributed by atoms with Crippen molar-refractivity contribution in [2.45, 2.75) is 5.41 Å². The van der Waals surface area contributed by atoms with Gasteiger partial charge < -0.3 is 14.7 Å². The quantitative estimate of drug-likeness (QED) is 0.163. The van der Waals surface area contributed by atoms with Gasteiger partial charge in [-0.3, -0.25) is 0 Å². The minimum atomic E-state index is -0.700. The van der Waals surface area contributed by atoms with Crippen molar-refractivity contribution in [1.82, 2.24) is 0 Å². The average Bonchev–Trinajstić information content (AvgIpc) is 3.34. The van der Waals surface area contributed by atoms with Gasteiger partial charge in [-0.25, -0.2) is 0 Å². The Morgan fingerprint density at radius 3 is 1.43 bits per heavy atom. The monoisotopic (exact) mass is 776 g/mol. The first-order valence-corrected chi connectivity index (χ1v) is 20.9. The molecule has 5 heteroatoms. The van der Waals surface area contributed by atoms with Crippen LogP contribution in [0.5, 0.6) is 0 Å². The van der Waals surface area contributed by atoms with Crippen LogP contribution in [0.2, 0.25) is 0 Å². The molecule has 0 N–H and O–H groups in total. The molecule has 0 saturated heterocycles. The van der Waals surface area contributed by atoms with Crippen LogP contribution in [0.4, 0.5) is 51.2 Å². The van der Waals surface area contributed by atoms with Crippen LogP contribution in [0.25, 0.3) is 0 Å². The Kier molecular flexibility index (Phi) is 7.88. The fraction of sp³-hybridized carbons (Fsp3) is 0.0179. The molecule has 0 spiro atoms. The first-order chi connectivity index (χ1) is 30.3. The summed E-state index contributed by atoms with van der Waals surface area (Å²) in [6.45, 7) is -0.0682. The smallest absolute Gasteiger partial charge is 0.247 e. The van der Waals surface area contributed by atoms with Crippen LogP contribution >= 0.6 is 0 Å². The van der Waals surface area contributed by atoms with Gasteiger partial charge >= 0.3 is 0 Å². The maximum Gasteiger partial charge on any atom is 0.247 e. The van der Waals surface area contributed by atoms with Crippen LogP contribution in [-0.4, -0.2) is 6.71 Å². The second-order valence-electron chi connectivity index (χ2n) is 15.9. The van der Waals surface area contributed by atoms with E-state index < -0.39 is 5.41 Å². The van der Waals surface area contributed by atoms with Gasteiger partial charge in [0.2, 0.25) is 6.71 Å². The van der Waals surface area contributed by atoms with Crippen molar-refractivity contribution in [1.29, 1.82) is 5.26 Å². The average molecular weight is 777 g/mol. The van der Waals surface area contributed by atoms with Crippen molar-refractivity contribution in [3.8, 4) is 6.07 Å². The molecule has 61 heavy (non-hydrogen) atoms. The molecular formula is C56H37BN4. The van der Waals surface area contributed by atoms with Crippen LogP contribution in [0, 0.1) is 11.3 Å². The van der Waals surface area contributed by atoms with Gasteiger partial charge in [-0.2, -0.15) is 5.26 Å². The van der Waals surface area contributed by atoms with E-state index in [0.29, 0.717) is 5.56 Å². The molecule has 3 aliphatic heterocycles. The summed E-state index contributed by atoms with van der Waals surface area (Å²) in [4.78, 5) is 7.43. The summed E-state index contributed by atoms with van der Waals surface area (Å²) >= 11 is 0. The van der Waals surface area contributed by atoms with Crippen molar-refractivity contribution in [3.05, 3.63) is 252 Å². The van der Waals surface area contributed by atoms with Crippen LogP contribution in [0.3, 0.4) is 0 Å². The standard InChI is InChI=1S/C56H37BN4/c58-38-39-33-35-44(36-34-39)59-50-31-17-18-32-51(50)61(43-25-11-4-12-26-43)54-52(59)37-46-53-55(54)60(42-23-9-3-10-24-42)49-30-16-15-29-48(49)57(53)47-28-14-13-27-45(47)56(46,40-19-5-1-6-20-40)41-21-7-2-8-22-41/h1-37H. The van der Waals surface area contributed by atoms with E-state index in [1.807, 2.05) is 12.1 Å². The van der Waals surface area contributed by atoms with Gasteiger partial charge in [0.15, 0.2) is 0 Å². The van der Waals surface area contributed by atoms with Crippen molar-refractivity contribution in [3.63, 3.8) is 0 Å². The zero-order valence-electron chi connectivity index (χ0n) is 33.2. The maximum absolute atomic E-state index is 9.94. The number of rotatable bonds is 5. The molecule has 0 bridgehead atoms. The van der Waals surface area contributed by atoms with Gasteiger partial charge in [-0.05, 0) is 106 Å². The van der Waals surface area contributed by atoms with Crippen LogP contribution in [-0.2, 0) is 5.41 Å². The van der Waals surface area contributed by atoms with Crippen molar-refractivity contribution < 1.29 is 0 Å². The lowest BCUT2D eigenvalue weighted by Crippen LogP contribution is -2.65. The SMILES string of the molecule is N#Cc1ccc(N2c3ccccc3N(c3ccccc3)c3c2cc2c4c3N(c3ccccc3)c3ccccc3B4c3ccccc3C2(c2ccccc2)c2ccccc2)cc1. The highest BCUT2D eigenvalue weighted by Gasteiger charge is 2.53. The van der Waals surface area contributed by atoms with Gasteiger partial charge in [0.1, 0.15) is 0 Å². The van der Waals surface area contributed by atoms with Crippen LogP contribution in [0.1, 0.15) is 27.8 Å². The van der Waals surface area contributed by atoms with Crippen LogP contribution < -0.4 is 31.1 Å². The fourth-order valence-corrected chi connectivity index (χ4v) is 10.6. The molecule has 9 aromatic rings. The summed E-state index contributed by atoms with van der Waals surface area (Å²) in [5.41, 5.74) is 18.4. The molecule has 0 fully saturated rings. The second-order valence-corrected chi connectivity index (χ2v) is 15.9. The minimum Gasteiger partial charge on any atom is -0.309 e. The Balaban J connectivity index is 1.34. The first kappa shape index (κ1) is 34.9. The molecule has 9 aromatic carbocycles. The van der Waals surface area contributed by atoms with Gasteiger partial charge in [-0.1, -0.05) is 157 Å². The maximum atomic E-state index is 9.94. The summed E-state index contributed by atoms with van der Waals surface area (Å²) in [7, 11) is 0. The van der Waals surface area contributed by atoms with Gasteiger partial charge in [-0.15, -0.1) is 0 Å². The summed E-state index contributed by atoms with van der Waals surface area (Å²) in [5, 5.41) is 9.94. The molecule has 4 nitrogen and oxygen atoms in total. The molecule has 0 saturated carbocycles. The van der Waals surface area contributed by atoms with E-state index in [4.69, 9.17) is 0 Å². The zero-order chi connectivity index (χ0) is 40.5. The highest BCUT2D eigenvalue weighted by Crippen LogP contribution is 2.61. The number of nitriles is 1. The van der Waals surface area contributed by atoms with Crippen LogP contribution in [0.15, 0.2) is 224 Å². The normalized spacial score (nSPS) is 13.9. The van der Waals surface area contributed by atoms with E-state index in [9.17, 15) is 5.26 Å². The molecule has 0 amide bonds. The number of fused-ring (bicyclic) bond motifs is 7. The highest BCUT2D eigenvalue weighted by molar-refractivity contribution is 6.99. The summed E-state index contributed by atoms with van der Waals surface area (Å²) in [5.74, 6) is 0. The number of nitrogens with zero attached hydrogens (tertiary/aromatic N) is 4. The summed E-state index contributed by atoms with van der Waals surface area (Å²) in [6, 6.07) is 83.7. The molecule has 12 rings (SSSR count). The molecule has 0 aromatic heterocycles. The number of anilines is 9. The van der Waals surface area contributed by atoms with E-state index in [1.165, 1.54) is 38.6 Å². The molecule has 3 aliphatic rings. The molecule has 3 heterocycles. The van der Waals surface area contributed by atoms with Crippen molar-refractivity contribution in [2.24, 2.45) is 0 Å². The third kappa shape index (κ3) is 5.00. The number of hydrogen-bond donors (Lipinski definition) is 0. The molecule has 0 unspecified atom stereocenters. The topological polar surface area (TPSA) is 33.5 Å². The third-order valence-corrected chi connectivity index (χ3v) is 12.9. The van der Waals surface area contributed by atoms with E-state index >= 15 is 0 Å². The minimum absolute atomic E-state index is 0.0682. The third-order valence-electron chi connectivity index (χ3n) is 12.9. The molecule has 0 radical (unpaired) electrons. The predicted molar refractivity (Wildman–Crippen MR) is 252 cm³/mol. The second kappa shape index (κ2) is 13.8. The fourth-order valence-electron chi connectivity index (χ4n) is 10.6. The Labute approximate surface area is 356 Å². The van der Waals surface area contributed by atoms with E-state index in [2.05, 4.69) is 233 Å². The first-order valence-electron chi connectivity index (χ1n) is 20.9. The highest BCUT2D eigenvalue weighted by atomic mass is 15.3. The van der Waals surface area contributed by atoms with Gasteiger partial charge in [0, 0.05) is 22.7 Å². The van der Waals surface area contributed by atoms with Gasteiger partial charge in [0.25, 0.3) is 0 Å². The Morgan fingerprint density at radius 2 is 0.836 bits per heavy atom. The molecular weight excluding hydrogens is 739 g/mol. The lowest BCUT2D eigenvalue weighted by Gasteiger charge is -2.51. The van der Waals surface area contributed by atoms with Gasteiger partial charge in [0.05, 0.1) is 45.5 Å². The lowest BCUT2D eigenvalue weighted by atomic mass is 9.29. The lowest BCUT2D eigenvalue weighted by molar-refractivity contribution is 0.750. The van der Waals surface area contributed by atoms with Crippen molar-refractivity contribution >= 4 is 74.3 Å². The zero-order valence-corrected chi connectivity index (χ0v) is 33.2. The molecule has 0 aliphatic carbocycles. The summed E-state index contributed by atoms with van der Waals surface area (Å²) in [6.07, 6.45) is 0. The van der Waals surface area contributed by atoms with E-state index in [0.717, 1.165) is 51.2 Å². The van der Waals surface area contributed by atoms with Crippen molar-refractivity contribution in [2.75, 3.05) is 14.7 Å². The largest absolute Gasteiger partial charge is 0.309 e. The Bertz CT molecular complexity index is 3120. The van der Waals surface area contributed by atoms with E-state index in [1.54, 1.807) is 0 Å². The summed E-state index contributed by atoms with van der Waals surface area (Å²) < 4.78 is 0. The van der Waals surface area contributed by atoms with E-state index in [-0.39, 0.29) is 6.71 Å². The Morgan fingerprint density at radius 1 is 0.377 bits per heavy atom. The molecule has 0 atom stereocenters. The molecule has 284 valence electrons. The Hall–Kier alpha value is -8.07. The predicted octanol–water partition coefficient (Wildman–Crippen LogP) is 11.8. The number of benzene rings is 9. The number of para-hydroxylation sites is 5.